The Balaban J connectivity index is 1.82. The van der Waals surface area contributed by atoms with E-state index in [1.807, 2.05) is 11.9 Å². The van der Waals surface area contributed by atoms with Crippen LogP contribution < -0.4 is 0 Å². The number of benzene rings is 1. The molecule has 1 saturated carbocycles. The van der Waals surface area contributed by atoms with Crippen molar-refractivity contribution in [3.05, 3.63) is 35.6 Å². The molecular formula is C13H16FNO. The van der Waals surface area contributed by atoms with Gasteiger partial charge in [0.05, 0.1) is 0 Å². The maximum atomic E-state index is 12.7. The molecule has 0 aromatic heterocycles. The molecule has 0 radical (unpaired) electrons. The van der Waals surface area contributed by atoms with Crippen molar-refractivity contribution in [3.63, 3.8) is 0 Å². The van der Waals surface area contributed by atoms with Gasteiger partial charge in [0, 0.05) is 19.5 Å². The van der Waals surface area contributed by atoms with Crippen molar-refractivity contribution in [2.45, 2.75) is 31.7 Å². The van der Waals surface area contributed by atoms with Crippen LogP contribution in [-0.2, 0) is 11.2 Å². The van der Waals surface area contributed by atoms with Gasteiger partial charge in [-0.1, -0.05) is 12.1 Å². The predicted molar refractivity (Wildman–Crippen MR) is 60.5 cm³/mol. The smallest absolute Gasteiger partial charge is 0.222 e. The fraction of sp³-hybridized carbons (Fsp3) is 0.462. The van der Waals surface area contributed by atoms with E-state index in [0.29, 0.717) is 18.9 Å². The normalized spacial score (nSPS) is 14.9. The molecule has 0 unspecified atom stereocenters. The number of hydrogen-bond acceptors (Lipinski definition) is 1. The minimum atomic E-state index is -0.231. The summed E-state index contributed by atoms with van der Waals surface area (Å²) in [6.07, 6.45) is 3.48. The van der Waals surface area contributed by atoms with E-state index in [1.165, 1.54) is 12.1 Å². The van der Waals surface area contributed by atoms with Gasteiger partial charge < -0.3 is 4.90 Å². The summed E-state index contributed by atoms with van der Waals surface area (Å²) in [5.74, 6) is -0.0444. The summed E-state index contributed by atoms with van der Waals surface area (Å²) in [6, 6.07) is 6.81. The fourth-order valence-electron chi connectivity index (χ4n) is 1.74. The number of nitrogens with zero attached hydrogens (tertiary/aromatic N) is 1. The number of amides is 1. The highest BCUT2D eigenvalue weighted by molar-refractivity contribution is 5.76. The predicted octanol–water partition coefficient (Wildman–Crippen LogP) is 2.38. The van der Waals surface area contributed by atoms with Crippen molar-refractivity contribution in [2.75, 3.05) is 7.05 Å². The molecule has 0 N–H and O–H groups in total. The second-order valence-electron chi connectivity index (χ2n) is 4.36. The summed E-state index contributed by atoms with van der Waals surface area (Å²) in [5, 5.41) is 0. The molecule has 1 aliphatic rings. The molecule has 1 aromatic rings. The summed E-state index contributed by atoms with van der Waals surface area (Å²) in [6.45, 7) is 0. The Hall–Kier alpha value is -1.38. The third kappa shape index (κ3) is 2.81. The summed E-state index contributed by atoms with van der Waals surface area (Å²) in [7, 11) is 1.87. The van der Waals surface area contributed by atoms with Gasteiger partial charge >= 0.3 is 0 Å². The minimum Gasteiger partial charge on any atom is -0.343 e. The SMILES string of the molecule is CN(C(=O)CCc1ccc(F)cc1)C1CC1. The monoisotopic (exact) mass is 221 g/mol. The number of carbonyl (C=O) groups excluding carboxylic acids is 1. The molecule has 1 amide bonds. The highest BCUT2D eigenvalue weighted by Crippen LogP contribution is 2.25. The van der Waals surface area contributed by atoms with Gasteiger partial charge in [0.1, 0.15) is 5.82 Å². The standard InChI is InChI=1S/C13H16FNO/c1-15(12-7-8-12)13(16)9-4-10-2-5-11(14)6-3-10/h2-3,5-6,12H,4,7-9H2,1H3. The van der Waals surface area contributed by atoms with E-state index in [9.17, 15) is 9.18 Å². The average Bonchev–Trinajstić information content (AvgIpc) is 3.11. The van der Waals surface area contributed by atoms with Gasteiger partial charge in [-0.25, -0.2) is 4.39 Å². The molecule has 1 fully saturated rings. The lowest BCUT2D eigenvalue weighted by Crippen LogP contribution is -2.28. The molecule has 86 valence electrons. The zero-order valence-electron chi connectivity index (χ0n) is 9.45. The number of aryl methyl sites for hydroxylation is 1. The van der Waals surface area contributed by atoms with Crippen LogP contribution in [0.2, 0.25) is 0 Å². The quantitative estimate of drug-likeness (QED) is 0.764. The van der Waals surface area contributed by atoms with E-state index in [0.717, 1.165) is 18.4 Å². The Morgan fingerprint density at radius 2 is 2.00 bits per heavy atom. The molecule has 0 heterocycles. The van der Waals surface area contributed by atoms with E-state index < -0.39 is 0 Å². The van der Waals surface area contributed by atoms with E-state index >= 15 is 0 Å². The molecular weight excluding hydrogens is 205 g/mol. The number of carbonyl (C=O) groups is 1. The van der Waals surface area contributed by atoms with Crippen LogP contribution in [-0.4, -0.2) is 23.9 Å². The van der Waals surface area contributed by atoms with E-state index in [1.54, 1.807) is 12.1 Å². The topological polar surface area (TPSA) is 20.3 Å². The van der Waals surface area contributed by atoms with E-state index in [4.69, 9.17) is 0 Å². The molecule has 0 atom stereocenters. The van der Waals surface area contributed by atoms with Gasteiger partial charge in [-0.05, 0) is 37.0 Å². The van der Waals surface area contributed by atoms with Crippen LogP contribution >= 0.6 is 0 Å². The van der Waals surface area contributed by atoms with Gasteiger partial charge in [-0.2, -0.15) is 0 Å². The zero-order chi connectivity index (χ0) is 11.5. The Kier molecular flexibility index (Phi) is 3.22. The van der Waals surface area contributed by atoms with Crippen LogP contribution in [0.3, 0.4) is 0 Å². The second-order valence-corrected chi connectivity index (χ2v) is 4.36. The maximum absolute atomic E-state index is 12.7. The Morgan fingerprint density at radius 1 is 1.38 bits per heavy atom. The van der Waals surface area contributed by atoms with Crippen molar-refractivity contribution in [1.29, 1.82) is 0 Å². The van der Waals surface area contributed by atoms with Crippen molar-refractivity contribution >= 4 is 5.91 Å². The van der Waals surface area contributed by atoms with Crippen molar-refractivity contribution in [2.24, 2.45) is 0 Å². The van der Waals surface area contributed by atoms with Crippen LogP contribution in [0.4, 0.5) is 4.39 Å². The maximum Gasteiger partial charge on any atom is 0.222 e. The number of halogens is 1. The lowest BCUT2D eigenvalue weighted by Gasteiger charge is -2.15. The lowest BCUT2D eigenvalue weighted by atomic mass is 10.1. The van der Waals surface area contributed by atoms with Crippen LogP contribution in [0, 0.1) is 5.82 Å². The first-order valence-electron chi connectivity index (χ1n) is 5.67. The molecule has 0 spiro atoms. The van der Waals surface area contributed by atoms with Crippen molar-refractivity contribution < 1.29 is 9.18 Å². The van der Waals surface area contributed by atoms with Crippen molar-refractivity contribution in [1.82, 2.24) is 4.90 Å². The van der Waals surface area contributed by atoms with Crippen LogP contribution in [0.1, 0.15) is 24.8 Å². The third-order valence-corrected chi connectivity index (χ3v) is 3.03. The largest absolute Gasteiger partial charge is 0.343 e. The Bertz CT molecular complexity index is 370. The average molecular weight is 221 g/mol. The molecule has 0 bridgehead atoms. The first-order chi connectivity index (χ1) is 7.66. The third-order valence-electron chi connectivity index (χ3n) is 3.03. The van der Waals surface area contributed by atoms with Gasteiger partial charge in [0.2, 0.25) is 5.91 Å². The van der Waals surface area contributed by atoms with Crippen LogP contribution in [0.5, 0.6) is 0 Å². The summed E-state index contributed by atoms with van der Waals surface area (Å²) >= 11 is 0. The summed E-state index contributed by atoms with van der Waals surface area (Å²) in [5.41, 5.74) is 1.01. The number of hydrogen-bond donors (Lipinski definition) is 0. The molecule has 0 aliphatic heterocycles. The minimum absolute atomic E-state index is 0.187. The fourth-order valence-corrected chi connectivity index (χ4v) is 1.74. The Labute approximate surface area is 95.1 Å². The Morgan fingerprint density at radius 3 is 2.56 bits per heavy atom. The molecule has 0 saturated heterocycles. The highest BCUT2D eigenvalue weighted by Gasteiger charge is 2.28. The summed E-state index contributed by atoms with van der Waals surface area (Å²) in [4.78, 5) is 13.6. The first-order valence-corrected chi connectivity index (χ1v) is 5.67. The van der Waals surface area contributed by atoms with Gasteiger partial charge in [-0.15, -0.1) is 0 Å². The summed E-state index contributed by atoms with van der Waals surface area (Å²) < 4.78 is 12.7. The number of rotatable bonds is 4. The molecule has 2 nitrogen and oxygen atoms in total. The van der Waals surface area contributed by atoms with E-state index in [2.05, 4.69) is 0 Å². The molecule has 1 aliphatic carbocycles. The first kappa shape index (κ1) is 11.1. The molecule has 1 aromatic carbocycles. The zero-order valence-corrected chi connectivity index (χ0v) is 9.45. The van der Waals surface area contributed by atoms with Gasteiger partial charge in [-0.3, -0.25) is 4.79 Å². The van der Waals surface area contributed by atoms with Gasteiger partial charge in [0.25, 0.3) is 0 Å². The van der Waals surface area contributed by atoms with Crippen molar-refractivity contribution in [3.8, 4) is 0 Å². The molecule has 3 heteroatoms. The van der Waals surface area contributed by atoms with E-state index in [-0.39, 0.29) is 11.7 Å². The van der Waals surface area contributed by atoms with Crippen LogP contribution in [0.15, 0.2) is 24.3 Å². The van der Waals surface area contributed by atoms with Gasteiger partial charge in [0.15, 0.2) is 0 Å². The highest BCUT2D eigenvalue weighted by atomic mass is 19.1. The second kappa shape index (κ2) is 4.64. The molecule has 16 heavy (non-hydrogen) atoms. The lowest BCUT2D eigenvalue weighted by molar-refractivity contribution is -0.130. The molecule has 2 rings (SSSR count). The van der Waals surface area contributed by atoms with Crippen LogP contribution in [0.25, 0.3) is 0 Å².